The third-order valence-electron chi connectivity index (χ3n) is 4.47. The molecule has 0 aromatic heterocycles. The molecule has 10 nitrogen and oxygen atoms in total. The van der Waals surface area contributed by atoms with Gasteiger partial charge in [0.15, 0.2) is 0 Å². The van der Waals surface area contributed by atoms with Gasteiger partial charge >= 0.3 is 0 Å². The first-order valence-corrected chi connectivity index (χ1v) is 10.8. The van der Waals surface area contributed by atoms with Crippen molar-refractivity contribution < 1.29 is 22.8 Å². The number of carbonyl (C=O) groups is 3. The molecule has 0 fully saturated rings. The number of hydrogen-bond acceptors (Lipinski definition) is 6. The summed E-state index contributed by atoms with van der Waals surface area (Å²) in [6.07, 6.45) is 0.304. The smallest absolute Gasteiger partial charge is 0.273 e. The molecule has 162 valence electrons. The number of nitrogens with zero attached hydrogens (tertiary/aromatic N) is 2. The second kappa shape index (κ2) is 9.49. The Bertz CT molecular complexity index is 1130. The zero-order valence-corrected chi connectivity index (χ0v) is 17.5. The molecule has 3 N–H and O–H groups in total. The van der Waals surface area contributed by atoms with Crippen LogP contribution in [0.1, 0.15) is 28.8 Å². The van der Waals surface area contributed by atoms with Crippen molar-refractivity contribution in [3.63, 3.8) is 0 Å². The monoisotopic (exact) mass is 443 g/mol. The Morgan fingerprint density at radius 3 is 2.42 bits per heavy atom. The average molecular weight is 443 g/mol. The van der Waals surface area contributed by atoms with Crippen molar-refractivity contribution in [2.45, 2.75) is 24.3 Å². The van der Waals surface area contributed by atoms with Crippen LogP contribution in [0.15, 0.2) is 64.6 Å². The van der Waals surface area contributed by atoms with E-state index < -0.39 is 21.8 Å². The van der Waals surface area contributed by atoms with E-state index in [1.807, 2.05) is 6.07 Å². The highest BCUT2D eigenvalue weighted by atomic mass is 32.2. The van der Waals surface area contributed by atoms with Gasteiger partial charge in [-0.1, -0.05) is 36.4 Å². The Labute approximate surface area is 179 Å². The number of nitrogens with one attached hydrogen (secondary N) is 3. The predicted molar refractivity (Wildman–Crippen MR) is 112 cm³/mol. The van der Waals surface area contributed by atoms with E-state index in [9.17, 15) is 22.8 Å². The minimum atomic E-state index is -3.85. The Hall–Kier alpha value is -3.57. The van der Waals surface area contributed by atoms with Crippen molar-refractivity contribution in [2.75, 3.05) is 7.05 Å². The Balaban J connectivity index is 1.62. The normalized spacial score (nSPS) is 14.0. The topological polar surface area (TPSA) is 137 Å². The first-order valence-electron chi connectivity index (χ1n) is 9.34. The Morgan fingerprint density at radius 2 is 1.71 bits per heavy atom. The minimum Gasteiger partial charge on any atom is -0.273 e. The number of amides is 3. The summed E-state index contributed by atoms with van der Waals surface area (Å²) in [6.45, 7) is 0.106. The van der Waals surface area contributed by atoms with Crippen LogP contribution in [-0.4, -0.2) is 43.9 Å². The van der Waals surface area contributed by atoms with Crippen molar-refractivity contribution in [3.8, 4) is 0 Å². The molecule has 0 saturated heterocycles. The van der Waals surface area contributed by atoms with Crippen LogP contribution in [0.4, 0.5) is 0 Å². The highest BCUT2D eigenvalue weighted by Crippen LogP contribution is 2.12. The van der Waals surface area contributed by atoms with Crippen LogP contribution in [0.5, 0.6) is 0 Å². The van der Waals surface area contributed by atoms with Crippen LogP contribution in [0, 0.1) is 0 Å². The van der Waals surface area contributed by atoms with Gasteiger partial charge in [-0.05, 0) is 23.8 Å². The summed E-state index contributed by atoms with van der Waals surface area (Å²) in [5.41, 5.74) is 5.37. The van der Waals surface area contributed by atoms with Crippen molar-refractivity contribution in [3.05, 3.63) is 65.7 Å². The summed E-state index contributed by atoms with van der Waals surface area (Å²) in [4.78, 5) is 35.8. The van der Waals surface area contributed by atoms with Gasteiger partial charge in [0.1, 0.15) is 5.71 Å². The van der Waals surface area contributed by atoms with Gasteiger partial charge in [-0.2, -0.15) is 5.10 Å². The summed E-state index contributed by atoms with van der Waals surface area (Å²) in [5, 5.41) is 4.92. The van der Waals surface area contributed by atoms with E-state index in [1.54, 1.807) is 24.3 Å². The fourth-order valence-corrected chi connectivity index (χ4v) is 3.82. The Kier molecular flexibility index (Phi) is 6.78. The van der Waals surface area contributed by atoms with Crippen LogP contribution < -0.4 is 15.6 Å². The van der Waals surface area contributed by atoms with Crippen LogP contribution in [0.3, 0.4) is 0 Å². The first-order chi connectivity index (χ1) is 14.8. The van der Waals surface area contributed by atoms with E-state index in [0.29, 0.717) is 0 Å². The summed E-state index contributed by atoms with van der Waals surface area (Å²) in [7, 11) is -2.41. The lowest BCUT2D eigenvalue weighted by Crippen LogP contribution is -2.46. The number of rotatable bonds is 6. The molecule has 11 heteroatoms. The van der Waals surface area contributed by atoms with E-state index in [0.717, 1.165) is 10.6 Å². The minimum absolute atomic E-state index is 0.0424. The summed E-state index contributed by atoms with van der Waals surface area (Å²) < 4.78 is 27.6. The van der Waals surface area contributed by atoms with Gasteiger partial charge in [0.25, 0.3) is 11.8 Å². The Morgan fingerprint density at radius 1 is 1.00 bits per heavy atom. The van der Waals surface area contributed by atoms with Gasteiger partial charge in [-0.25, -0.2) is 18.1 Å². The number of hydrazone groups is 1. The number of hydrazine groups is 1. The second-order valence-corrected chi connectivity index (χ2v) is 8.48. The fraction of sp³-hybridized carbons (Fsp3) is 0.200. The molecule has 31 heavy (non-hydrogen) atoms. The molecule has 0 atom stereocenters. The molecule has 2 aromatic rings. The van der Waals surface area contributed by atoms with Gasteiger partial charge in [-0.15, -0.1) is 0 Å². The highest BCUT2D eigenvalue weighted by Gasteiger charge is 2.22. The molecular formula is C20H21N5O5S. The van der Waals surface area contributed by atoms with Crippen LogP contribution in [0.25, 0.3) is 0 Å². The molecule has 2 aromatic carbocycles. The molecule has 0 bridgehead atoms. The summed E-state index contributed by atoms with van der Waals surface area (Å²) >= 11 is 0. The number of carbonyl (C=O) groups excluding carboxylic acids is 3. The maximum atomic E-state index is 12.5. The number of benzene rings is 2. The molecule has 1 aliphatic rings. The maximum absolute atomic E-state index is 12.5. The average Bonchev–Trinajstić information content (AvgIpc) is 2.78. The predicted octanol–water partition coefficient (Wildman–Crippen LogP) is 0.534. The lowest BCUT2D eigenvalue weighted by Gasteiger charge is -2.19. The zero-order valence-electron chi connectivity index (χ0n) is 16.7. The molecule has 1 aliphatic heterocycles. The van der Waals surface area contributed by atoms with Crippen molar-refractivity contribution in [2.24, 2.45) is 5.10 Å². The van der Waals surface area contributed by atoms with Gasteiger partial charge in [0.2, 0.25) is 15.9 Å². The van der Waals surface area contributed by atoms with Crippen molar-refractivity contribution in [1.82, 2.24) is 20.6 Å². The largest absolute Gasteiger partial charge is 0.285 e. The lowest BCUT2D eigenvalue weighted by molar-refractivity contribution is -0.130. The fourth-order valence-electron chi connectivity index (χ4n) is 2.75. The van der Waals surface area contributed by atoms with Crippen molar-refractivity contribution >= 4 is 33.5 Å². The van der Waals surface area contributed by atoms with Gasteiger partial charge < -0.3 is 0 Å². The quantitative estimate of drug-likeness (QED) is 0.560. The lowest BCUT2D eigenvalue weighted by atomic mass is 10.1. The van der Waals surface area contributed by atoms with Gasteiger partial charge in [0, 0.05) is 32.0 Å². The molecule has 0 spiro atoms. The van der Waals surface area contributed by atoms with E-state index >= 15 is 0 Å². The number of hydrogen-bond donors (Lipinski definition) is 3. The molecular weight excluding hydrogens is 422 g/mol. The molecule has 0 aliphatic carbocycles. The first kappa shape index (κ1) is 22.1. The third-order valence-corrected chi connectivity index (χ3v) is 5.87. The van der Waals surface area contributed by atoms with Gasteiger partial charge in [0.05, 0.1) is 4.90 Å². The van der Waals surface area contributed by atoms with E-state index in [4.69, 9.17) is 0 Å². The molecule has 3 rings (SSSR count). The van der Waals surface area contributed by atoms with Crippen LogP contribution in [-0.2, 0) is 26.2 Å². The summed E-state index contributed by atoms with van der Waals surface area (Å²) in [6, 6.07) is 14.4. The molecule has 0 unspecified atom stereocenters. The molecule has 0 radical (unpaired) electrons. The zero-order chi connectivity index (χ0) is 22.4. The molecule has 0 saturated carbocycles. The highest BCUT2D eigenvalue weighted by molar-refractivity contribution is 7.89. The third kappa shape index (κ3) is 5.74. The van der Waals surface area contributed by atoms with Crippen LogP contribution in [0.2, 0.25) is 0 Å². The van der Waals surface area contributed by atoms with Crippen molar-refractivity contribution in [1.29, 1.82) is 0 Å². The van der Waals surface area contributed by atoms with E-state index in [1.165, 1.54) is 31.3 Å². The molecule has 3 amide bonds. The summed E-state index contributed by atoms with van der Waals surface area (Å²) in [5.74, 6) is -1.56. The number of sulfonamides is 1. The van der Waals surface area contributed by atoms with E-state index in [-0.39, 0.29) is 41.5 Å². The SMILES string of the molecule is CN1N=C(C(=O)NNC(=O)c2cccc(S(=O)(=O)NCc3ccccc3)c2)CCC1=O. The van der Waals surface area contributed by atoms with Gasteiger partial charge in [-0.3, -0.25) is 25.2 Å². The maximum Gasteiger partial charge on any atom is 0.285 e. The van der Waals surface area contributed by atoms with E-state index in [2.05, 4.69) is 20.7 Å². The second-order valence-electron chi connectivity index (χ2n) is 6.71. The molecule has 1 heterocycles. The standard InChI is InChI=1S/C20H21N5O5S/c1-25-18(26)11-10-17(24-25)20(28)23-22-19(27)15-8-5-9-16(12-15)31(29,30)21-13-14-6-3-2-4-7-14/h2-9,12,21H,10-11,13H2,1H3,(H,22,27)(H,23,28). The van der Waals surface area contributed by atoms with Crippen LogP contribution >= 0.6 is 0 Å².